The molecule has 3 nitrogen and oxygen atoms in total. The van der Waals surface area contributed by atoms with Crippen molar-refractivity contribution in [2.45, 2.75) is 31.5 Å². The van der Waals surface area contributed by atoms with Crippen LogP contribution in [0.2, 0.25) is 0 Å². The van der Waals surface area contributed by atoms with Gasteiger partial charge in [0.2, 0.25) is 0 Å². The summed E-state index contributed by atoms with van der Waals surface area (Å²) in [5.41, 5.74) is -0.922. The number of benzene rings is 1. The second-order valence-electron chi connectivity index (χ2n) is 5.16. The van der Waals surface area contributed by atoms with Gasteiger partial charge in [0.05, 0.1) is 17.2 Å². The third kappa shape index (κ3) is 3.97. The fraction of sp³-hybridized carbons (Fsp3) is 0.500. The van der Waals surface area contributed by atoms with E-state index in [1.54, 1.807) is 0 Å². The Morgan fingerprint density at radius 1 is 1.38 bits per heavy atom. The van der Waals surface area contributed by atoms with Crippen molar-refractivity contribution < 1.29 is 23.1 Å². The fourth-order valence-corrected chi connectivity index (χ4v) is 2.88. The molecule has 0 spiro atoms. The number of alkyl halides is 3. The highest BCUT2D eigenvalue weighted by molar-refractivity contribution is 9.10. The monoisotopic (exact) mass is 365 g/mol. The third-order valence-electron chi connectivity index (χ3n) is 3.68. The number of hydrogen-bond acceptors (Lipinski definition) is 2. The van der Waals surface area contributed by atoms with Crippen molar-refractivity contribution in [3.8, 4) is 0 Å². The van der Waals surface area contributed by atoms with Gasteiger partial charge in [-0.05, 0) is 47.0 Å². The van der Waals surface area contributed by atoms with Crippen molar-refractivity contribution in [2.24, 2.45) is 5.92 Å². The second kappa shape index (κ2) is 6.36. The zero-order valence-electron chi connectivity index (χ0n) is 11.1. The Morgan fingerprint density at radius 2 is 2.10 bits per heavy atom. The van der Waals surface area contributed by atoms with Crippen LogP contribution in [0.4, 0.5) is 13.2 Å². The van der Waals surface area contributed by atoms with Gasteiger partial charge in [0, 0.05) is 16.9 Å². The summed E-state index contributed by atoms with van der Waals surface area (Å²) < 4.78 is 38.3. The summed E-state index contributed by atoms with van der Waals surface area (Å²) in [4.78, 5) is 12.0. The molecule has 0 heterocycles. The first kappa shape index (κ1) is 16.3. The molecule has 1 aliphatic rings. The average molecular weight is 366 g/mol. The Morgan fingerprint density at radius 3 is 2.67 bits per heavy atom. The van der Waals surface area contributed by atoms with E-state index >= 15 is 0 Å². The molecule has 0 aromatic heterocycles. The number of aliphatic hydroxyl groups excluding tert-OH is 1. The number of hydrogen-bond donors (Lipinski definition) is 2. The molecule has 116 valence electrons. The molecule has 1 amide bonds. The van der Waals surface area contributed by atoms with Gasteiger partial charge in [-0.2, -0.15) is 13.2 Å². The SMILES string of the molecule is O=C(NCC1CCCC1O)c1cc(C(F)(F)F)ccc1Br. The first-order valence-corrected chi connectivity index (χ1v) is 7.41. The number of aliphatic hydroxyl groups is 1. The molecular weight excluding hydrogens is 351 g/mol. The van der Waals surface area contributed by atoms with E-state index in [1.807, 2.05) is 0 Å². The van der Waals surface area contributed by atoms with Crippen LogP contribution in [-0.4, -0.2) is 23.7 Å². The summed E-state index contributed by atoms with van der Waals surface area (Å²) in [6, 6.07) is 2.95. The first-order chi connectivity index (χ1) is 9.79. The van der Waals surface area contributed by atoms with Crippen LogP contribution in [0.25, 0.3) is 0 Å². The number of carbonyl (C=O) groups is 1. The maximum absolute atomic E-state index is 12.7. The van der Waals surface area contributed by atoms with Gasteiger partial charge in [0.25, 0.3) is 5.91 Å². The Balaban J connectivity index is 2.08. The fourth-order valence-electron chi connectivity index (χ4n) is 2.45. The summed E-state index contributed by atoms with van der Waals surface area (Å²) in [5, 5.41) is 12.3. The molecule has 2 N–H and O–H groups in total. The van der Waals surface area contributed by atoms with Crippen LogP contribution in [-0.2, 0) is 6.18 Å². The van der Waals surface area contributed by atoms with Gasteiger partial charge >= 0.3 is 6.18 Å². The highest BCUT2D eigenvalue weighted by atomic mass is 79.9. The lowest BCUT2D eigenvalue weighted by Gasteiger charge is -2.16. The molecule has 2 unspecified atom stereocenters. The highest BCUT2D eigenvalue weighted by Crippen LogP contribution is 2.32. The topological polar surface area (TPSA) is 49.3 Å². The number of rotatable bonds is 3. The van der Waals surface area contributed by atoms with Crippen molar-refractivity contribution in [3.63, 3.8) is 0 Å². The van der Waals surface area contributed by atoms with E-state index in [9.17, 15) is 23.1 Å². The molecule has 1 saturated carbocycles. The van der Waals surface area contributed by atoms with Crippen molar-refractivity contribution in [3.05, 3.63) is 33.8 Å². The van der Waals surface area contributed by atoms with Gasteiger partial charge in [-0.1, -0.05) is 6.42 Å². The number of halogens is 4. The average Bonchev–Trinajstić information content (AvgIpc) is 2.80. The van der Waals surface area contributed by atoms with Crippen LogP contribution in [0, 0.1) is 5.92 Å². The normalized spacial score (nSPS) is 22.3. The third-order valence-corrected chi connectivity index (χ3v) is 4.37. The molecule has 1 aromatic carbocycles. The van der Waals surface area contributed by atoms with Gasteiger partial charge in [0.15, 0.2) is 0 Å². The smallest absolute Gasteiger partial charge is 0.393 e. The minimum Gasteiger partial charge on any atom is -0.393 e. The van der Waals surface area contributed by atoms with E-state index in [0.29, 0.717) is 10.9 Å². The van der Waals surface area contributed by atoms with Gasteiger partial charge in [-0.15, -0.1) is 0 Å². The summed E-state index contributed by atoms with van der Waals surface area (Å²) in [5.74, 6) is -0.606. The van der Waals surface area contributed by atoms with E-state index in [2.05, 4.69) is 21.2 Å². The summed E-state index contributed by atoms with van der Waals surface area (Å²) >= 11 is 3.09. The van der Waals surface area contributed by atoms with Crippen molar-refractivity contribution in [1.29, 1.82) is 0 Å². The molecule has 7 heteroatoms. The molecule has 2 atom stereocenters. The summed E-state index contributed by atoms with van der Waals surface area (Å²) in [6.45, 7) is 0.267. The molecular formula is C14H15BrF3NO2. The lowest BCUT2D eigenvalue weighted by Crippen LogP contribution is -2.32. The Labute approximate surface area is 128 Å². The van der Waals surface area contributed by atoms with Crippen molar-refractivity contribution >= 4 is 21.8 Å². The van der Waals surface area contributed by atoms with E-state index in [0.717, 1.165) is 25.0 Å². The zero-order chi connectivity index (χ0) is 15.6. The molecule has 21 heavy (non-hydrogen) atoms. The van der Waals surface area contributed by atoms with Gasteiger partial charge in [-0.25, -0.2) is 0 Å². The molecule has 2 rings (SSSR count). The van der Waals surface area contributed by atoms with Crippen LogP contribution >= 0.6 is 15.9 Å². The van der Waals surface area contributed by atoms with Crippen molar-refractivity contribution in [1.82, 2.24) is 5.32 Å². The Kier molecular flexibility index (Phi) is 4.93. The van der Waals surface area contributed by atoms with E-state index < -0.39 is 23.8 Å². The predicted molar refractivity (Wildman–Crippen MR) is 74.8 cm³/mol. The molecule has 1 fully saturated rings. The largest absolute Gasteiger partial charge is 0.416 e. The van der Waals surface area contributed by atoms with E-state index in [-0.39, 0.29) is 18.0 Å². The molecule has 0 radical (unpaired) electrons. The van der Waals surface area contributed by atoms with Crippen LogP contribution in [0.5, 0.6) is 0 Å². The van der Waals surface area contributed by atoms with Crippen LogP contribution in [0.15, 0.2) is 22.7 Å². The van der Waals surface area contributed by atoms with Crippen LogP contribution < -0.4 is 5.32 Å². The molecule has 0 aliphatic heterocycles. The van der Waals surface area contributed by atoms with Crippen LogP contribution in [0.3, 0.4) is 0 Å². The van der Waals surface area contributed by atoms with Gasteiger partial charge in [0.1, 0.15) is 0 Å². The quantitative estimate of drug-likeness (QED) is 0.862. The number of carbonyl (C=O) groups excluding carboxylic acids is 1. The zero-order valence-corrected chi connectivity index (χ0v) is 12.7. The lowest BCUT2D eigenvalue weighted by atomic mass is 10.1. The summed E-state index contributed by atoms with van der Waals surface area (Å²) in [7, 11) is 0. The van der Waals surface area contributed by atoms with Crippen LogP contribution in [0.1, 0.15) is 35.2 Å². The molecule has 1 aliphatic carbocycles. The summed E-state index contributed by atoms with van der Waals surface area (Å²) in [6.07, 6.45) is -2.53. The lowest BCUT2D eigenvalue weighted by molar-refractivity contribution is -0.137. The second-order valence-corrected chi connectivity index (χ2v) is 6.02. The predicted octanol–water partition coefficient (Wildman–Crippen LogP) is 3.36. The minimum atomic E-state index is -4.49. The maximum Gasteiger partial charge on any atom is 0.416 e. The molecule has 1 aromatic rings. The number of amides is 1. The van der Waals surface area contributed by atoms with E-state index in [4.69, 9.17) is 0 Å². The standard InChI is InChI=1S/C14H15BrF3NO2/c15-11-5-4-9(14(16,17)18)6-10(11)13(21)19-7-8-2-1-3-12(8)20/h4-6,8,12,20H,1-3,7H2,(H,19,21). The Hall–Kier alpha value is -1.08. The number of nitrogens with one attached hydrogen (secondary N) is 1. The first-order valence-electron chi connectivity index (χ1n) is 6.62. The minimum absolute atomic E-state index is 0.0291. The molecule has 0 bridgehead atoms. The van der Waals surface area contributed by atoms with Gasteiger partial charge < -0.3 is 10.4 Å². The Bertz CT molecular complexity index is 533. The van der Waals surface area contributed by atoms with Gasteiger partial charge in [-0.3, -0.25) is 4.79 Å². The van der Waals surface area contributed by atoms with E-state index in [1.165, 1.54) is 6.07 Å². The molecule has 0 saturated heterocycles. The maximum atomic E-state index is 12.7. The highest BCUT2D eigenvalue weighted by Gasteiger charge is 2.32. The van der Waals surface area contributed by atoms with Crippen molar-refractivity contribution in [2.75, 3.05) is 6.54 Å².